The summed E-state index contributed by atoms with van der Waals surface area (Å²) < 4.78 is 0. The summed E-state index contributed by atoms with van der Waals surface area (Å²) in [6.07, 6.45) is 1.65. The minimum absolute atomic E-state index is 0.124. The summed E-state index contributed by atoms with van der Waals surface area (Å²) in [7, 11) is 0. The molecule has 0 spiro atoms. The van der Waals surface area contributed by atoms with Gasteiger partial charge in [-0.05, 0) is 17.5 Å². The normalized spacial score (nSPS) is 11.6. The first-order chi connectivity index (χ1) is 9.17. The van der Waals surface area contributed by atoms with Crippen molar-refractivity contribution >= 4 is 5.91 Å². The number of carbonyl (C=O) groups is 1. The van der Waals surface area contributed by atoms with Crippen LogP contribution in [0.25, 0.3) is 0 Å². The third-order valence-electron chi connectivity index (χ3n) is 2.90. The van der Waals surface area contributed by atoms with E-state index in [1.807, 2.05) is 31.2 Å². The predicted octanol–water partition coefficient (Wildman–Crippen LogP) is 1.57. The van der Waals surface area contributed by atoms with Crippen LogP contribution in [-0.4, -0.2) is 23.7 Å². The van der Waals surface area contributed by atoms with Crippen molar-refractivity contribution in [2.24, 2.45) is 0 Å². The second-order valence-corrected chi connectivity index (χ2v) is 4.53. The first-order valence-electron chi connectivity index (χ1n) is 6.55. The summed E-state index contributed by atoms with van der Waals surface area (Å²) >= 11 is 0. The van der Waals surface area contributed by atoms with Gasteiger partial charge in [-0.3, -0.25) is 4.79 Å². The van der Waals surface area contributed by atoms with E-state index in [9.17, 15) is 9.90 Å². The van der Waals surface area contributed by atoms with Gasteiger partial charge in [0.2, 0.25) is 5.91 Å². The standard InChI is InChI=1S/C15H20N2O2/c1-2-5-14(18)11-17-15(19)10-13-7-4-3-6-12(13)8-9-16/h3-4,6-7,14,18H,2,5,8,10-11H2,1H3,(H,17,19). The molecule has 0 aromatic heterocycles. The molecule has 0 saturated carbocycles. The lowest BCUT2D eigenvalue weighted by Gasteiger charge is -2.11. The number of nitrogens with one attached hydrogen (secondary N) is 1. The first-order valence-corrected chi connectivity index (χ1v) is 6.55. The zero-order chi connectivity index (χ0) is 14.1. The van der Waals surface area contributed by atoms with Gasteiger partial charge in [0.05, 0.1) is 25.0 Å². The van der Waals surface area contributed by atoms with Crippen LogP contribution in [0.15, 0.2) is 24.3 Å². The molecule has 0 saturated heterocycles. The topological polar surface area (TPSA) is 73.1 Å². The van der Waals surface area contributed by atoms with E-state index in [4.69, 9.17) is 5.26 Å². The molecule has 1 atom stereocenters. The number of rotatable bonds is 7. The van der Waals surface area contributed by atoms with Gasteiger partial charge in [-0.25, -0.2) is 0 Å². The zero-order valence-electron chi connectivity index (χ0n) is 11.2. The third kappa shape index (κ3) is 5.54. The van der Waals surface area contributed by atoms with Gasteiger partial charge in [-0.2, -0.15) is 5.26 Å². The highest BCUT2D eigenvalue weighted by Gasteiger charge is 2.09. The maximum atomic E-state index is 11.8. The molecule has 1 amide bonds. The van der Waals surface area contributed by atoms with Crippen LogP contribution in [0.5, 0.6) is 0 Å². The molecule has 0 bridgehead atoms. The zero-order valence-corrected chi connectivity index (χ0v) is 11.2. The molecule has 0 aliphatic heterocycles. The average Bonchev–Trinajstić information content (AvgIpc) is 2.39. The molecule has 1 unspecified atom stereocenters. The number of nitrogens with zero attached hydrogens (tertiary/aromatic N) is 1. The maximum Gasteiger partial charge on any atom is 0.224 e. The smallest absolute Gasteiger partial charge is 0.224 e. The van der Waals surface area contributed by atoms with Gasteiger partial charge in [0, 0.05) is 6.54 Å². The van der Waals surface area contributed by atoms with E-state index in [1.165, 1.54) is 0 Å². The van der Waals surface area contributed by atoms with E-state index in [2.05, 4.69) is 11.4 Å². The van der Waals surface area contributed by atoms with Crippen LogP contribution < -0.4 is 5.32 Å². The fourth-order valence-corrected chi connectivity index (χ4v) is 1.89. The summed E-state index contributed by atoms with van der Waals surface area (Å²) in [6, 6.07) is 9.52. The lowest BCUT2D eigenvalue weighted by molar-refractivity contribution is -0.120. The summed E-state index contributed by atoms with van der Waals surface area (Å²) in [6.45, 7) is 2.27. The molecule has 4 heteroatoms. The van der Waals surface area contributed by atoms with Crippen molar-refractivity contribution in [3.63, 3.8) is 0 Å². The lowest BCUT2D eigenvalue weighted by Crippen LogP contribution is -2.33. The van der Waals surface area contributed by atoms with Crippen molar-refractivity contribution in [3.8, 4) is 6.07 Å². The Morgan fingerprint density at radius 2 is 2.11 bits per heavy atom. The number of hydrogen-bond donors (Lipinski definition) is 2. The molecule has 102 valence electrons. The Kier molecular flexibility index (Phi) is 6.62. The van der Waals surface area contributed by atoms with Gasteiger partial charge in [-0.1, -0.05) is 37.6 Å². The molecule has 19 heavy (non-hydrogen) atoms. The molecular weight excluding hydrogens is 240 g/mol. The first kappa shape index (κ1) is 15.2. The number of aliphatic hydroxyl groups is 1. The molecule has 1 aromatic carbocycles. The fraction of sp³-hybridized carbons (Fsp3) is 0.467. The van der Waals surface area contributed by atoms with E-state index in [0.717, 1.165) is 17.5 Å². The highest BCUT2D eigenvalue weighted by Crippen LogP contribution is 2.10. The van der Waals surface area contributed by atoms with E-state index >= 15 is 0 Å². The second kappa shape index (κ2) is 8.28. The minimum Gasteiger partial charge on any atom is -0.391 e. The van der Waals surface area contributed by atoms with Crippen LogP contribution in [0.1, 0.15) is 30.9 Å². The van der Waals surface area contributed by atoms with Gasteiger partial charge in [0.1, 0.15) is 0 Å². The summed E-state index contributed by atoms with van der Waals surface area (Å²) in [5.41, 5.74) is 1.75. The van der Waals surface area contributed by atoms with Gasteiger partial charge in [-0.15, -0.1) is 0 Å². The number of benzene rings is 1. The summed E-state index contributed by atoms with van der Waals surface area (Å²) in [5, 5.41) is 21.0. The van der Waals surface area contributed by atoms with E-state index in [0.29, 0.717) is 12.8 Å². The largest absolute Gasteiger partial charge is 0.391 e. The molecule has 0 fully saturated rings. The van der Waals surface area contributed by atoms with E-state index < -0.39 is 6.10 Å². The monoisotopic (exact) mass is 260 g/mol. The van der Waals surface area contributed by atoms with Gasteiger partial charge in [0.15, 0.2) is 0 Å². The fourth-order valence-electron chi connectivity index (χ4n) is 1.89. The Balaban J connectivity index is 2.51. The molecular formula is C15H20N2O2. The molecule has 4 nitrogen and oxygen atoms in total. The summed E-state index contributed by atoms with van der Waals surface area (Å²) in [4.78, 5) is 11.8. The molecule has 1 aromatic rings. The Labute approximate surface area is 114 Å². The Morgan fingerprint density at radius 1 is 1.42 bits per heavy atom. The van der Waals surface area contributed by atoms with Crippen molar-refractivity contribution < 1.29 is 9.90 Å². The van der Waals surface area contributed by atoms with Crippen molar-refractivity contribution in [1.29, 1.82) is 5.26 Å². The maximum absolute atomic E-state index is 11.8. The lowest BCUT2D eigenvalue weighted by atomic mass is 10.0. The van der Waals surface area contributed by atoms with E-state index in [-0.39, 0.29) is 18.9 Å². The minimum atomic E-state index is -0.483. The van der Waals surface area contributed by atoms with Crippen molar-refractivity contribution in [1.82, 2.24) is 5.32 Å². The summed E-state index contributed by atoms with van der Waals surface area (Å²) in [5.74, 6) is -0.124. The van der Waals surface area contributed by atoms with Crippen LogP contribution in [0.3, 0.4) is 0 Å². The number of hydrogen-bond acceptors (Lipinski definition) is 3. The highest BCUT2D eigenvalue weighted by atomic mass is 16.3. The molecule has 0 aliphatic rings. The predicted molar refractivity (Wildman–Crippen MR) is 73.4 cm³/mol. The average molecular weight is 260 g/mol. The molecule has 1 rings (SSSR count). The molecule has 0 radical (unpaired) electrons. The number of amides is 1. The van der Waals surface area contributed by atoms with Gasteiger partial charge in [0.25, 0.3) is 0 Å². The molecule has 0 heterocycles. The van der Waals surface area contributed by atoms with Crippen LogP contribution in [0.4, 0.5) is 0 Å². The van der Waals surface area contributed by atoms with Crippen LogP contribution in [0.2, 0.25) is 0 Å². The van der Waals surface area contributed by atoms with Crippen molar-refractivity contribution in [3.05, 3.63) is 35.4 Å². The van der Waals surface area contributed by atoms with Gasteiger partial charge >= 0.3 is 0 Å². The Bertz CT molecular complexity index is 452. The number of carbonyl (C=O) groups excluding carboxylic acids is 1. The molecule has 2 N–H and O–H groups in total. The highest BCUT2D eigenvalue weighted by molar-refractivity contribution is 5.79. The Morgan fingerprint density at radius 3 is 2.74 bits per heavy atom. The van der Waals surface area contributed by atoms with Crippen LogP contribution >= 0.6 is 0 Å². The number of aliphatic hydroxyl groups excluding tert-OH is 1. The van der Waals surface area contributed by atoms with Crippen LogP contribution in [0, 0.1) is 11.3 Å². The molecule has 0 aliphatic carbocycles. The number of nitriles is 1. The third-order valence-corrected chi connectivity index (χ3v) is 2.90. The van der Waals surface area contributed by atoms with E-state index in [1.54, 1.807) is 0 Å². The Hall–Kier alpha value is -1.86. The second-order valence-electron chi connectivity index (χ2n) is 4.53. The van der Waals surface area contributed by atoms with Crippen LogP contribution in [-0.2, 0) is 17.6 Å². The van der Waals surface area contributed by atoms with Gasteiger partial charge < -0.3 is 10.4 Å². The van der Waals surface area contributed by atoms with Crippen molar-refractivity contribution in [2.75, 3.05) is 6.54 Å². The quantitative estimate of drug-likeness (QED) is 0.781. The van der Waals surface area contributed by atoms with Crippen molar-refractivity contribution in [2.45, 2.75) is 38.7 Å². The SMILES string of the molecule is CCCC(O)CNC(=O)Cc1ccccc1CC#N.